The fourth-order valence-electron chi connectivity index (χ4n) is 0.988. The summed E-state index contributed by atoms with van der Waals surface area (Å²) in [4.78, 5) is 4.08. The second-order valence-electron chi connectivity index (χ2n) is 2.91. The van der Waals surface area contributed by atoms with Gasteiger partial charge in [-0.15, -0.1) is 0 Å². The minimum atomic E-state index is -0.192. The van der Waals surface area contributed by atoms with Crippen LogP contribution in [0.4, 0.5) is 0 Å². The Labute approximate surface area is 87.1 Å². The fourth-order valence-corrected chi connectivity index (χ4v) is 1.48. The molecule has 3 N–H and O–H groups in total. The van der Waals surface area contributed by atoms with Gasteiger partial charge in [0.2, 0.25) is 5.89 Å². The highest BCUT2D eigenvalue weighted by atomic mass is 32.2. The third-order valence-electron chi connectivity index (χ3n) is 1.77. The minimum Gasteiger partial charge on any atom is -0.396 e. The molecule has 14 heavy (non-hydrogen) atoms. The van der Waals surface area contributed by atoms with Gasteiger partial charge in [0.15, 0.2) is 5.82 Å². The van der Waals surface area contributed by atoms with E-state index in [9.17, 15) is 0 Å². The number of hydrogen-bond acceptors (Lipinski definition) is 6. The maximum Gasteiger partial charge on any atom is 0.243 e. The van der Waals surface area contributed by atoms with E-state index in [1.54, 1.807) is 11.8 Å². The van der Waals surface area contributed by atoms with Crippen molar-refractivity contribution in [1.29, 1.82) is 0 Å². The molecule has 0 aliphatic rings. The molecule has 0 fully saturated rings. The van der Waals surface area contributed by atoms with E-state index in [0.29, 0.717) is 18.1 Å². The molecule has 1 aromatic heterocycles. The molecule has 1 heterocycles. The van der Waals surface area contributed by atoms with Crippen LogP contribution in [0.15, 0.2) is 4.52 Å². The van der Waals surface area contributed by atoms with Crippen molar-refractivity contribution in [3.05, 3.63) is 11.7 Å². The molecule has 0 radical (unpaired) electrons. The van der Waals surface area contributed by atoms with Crippen LogP contribution in [0.5, 0.6) is 0 Å². The summed E-state index contributed by atoms with van der Waals surface area (Å²) in [5, 5.41) is 12.4. The average molecular weight is 217 g/mol. The van der Waals surface area contributed by atoms with Gasteiger partial charge in [0.1, 0.15) is 0 Å². The number of aromatic nitrogens is 2. The molecule has 0 aromatic carbocycles. The van der Waals surface area contributed by atoms with Crippen LogP contribution in [0.1, 0.15) is 24.2 Å². The van der Waals surface area contributed by atoms with Crippen molar-refractivity contribution in [2.75, 3.05) is 18.6 Å². The molecule has 1 aromatic rings. The highest BCUT2D eigenvalue weighted by molar-refractivity contribution is 7.98. The smallest absolute Gasteiger partial charge is 0.243 e. The van der Waals surface area contributed by atoms with E-state index in [1.807, 2.05) is 6.26 Å². The zero-order valence-electron chi connectivity index (χ0n) is 8.14. The van der Waals surface area contributed by atoms with Gasteiger partial charge in [-0.25, -0.2) is 0 Å². The van der Waals surface area contributed by atoms with Gasteiger partial charge in [0, 0.05) is 6.42 Å². The lowest BCUT2D eigenvalue weighted by Crippen LogP contribution is -2.11. The third kappa shape index (κ3) is 3.28. The molecule has 0 unspecified atom stereocenters. The van der Waals surface area contributed by atoms with Crippen LogP contribution < -0.4 is 5.73 Å². The zero-order valence-corrected chi connectivity index (χ0v) is 8.96. The Balaban J connectivity index is 2.48. The summed E-state index contributed by atoms with van der Waals surface area (Å²) in [7, 11) is 0. The molecular weight excluding hydrogens is 202 g/mol. The summed E-state index contributed by atoms with van der Waals surface area (Å²) < 4.78 is 4.97. The van der Waals surface area contributed by atoms with Gasteiger partial charge >= 0.3 is 0 Å². The largest absolute Gasteiger partial charge is 0.396 e. The highest BCUT2D eigenvalue weighted by Gasteiger charge is 2.13. The van der Waals surface area contributed by atoms with Crippen LogP contribution in [0, 0.1) is 0 Å². The van der Waals surface area contributed by atoms with E-state index in [1.165, 1.54) is 0 Å². The number of aliphatic hydroxyl groups is 1. The monoisotopic (exact) mass is 217 g/mol. The topological polar surface area (TPSA) is 85.2 Å². The van der Waals surface area contributed by atoms with Gasteiger partial charge in [-0.2, -0.15) is 16.7 Å². The van der Waals surface area contributed by atoms with Crippen molar-refractivity contribution in [1.82, 2.24) is 10.1 Å². The van der Waals surface area contributed by atoms with Crippen molar-refractivity contribution in [3.63, 3.8) is 0 Å². The van der Waals surface area contributed by atoms with Crippen molar-refractivity contribution in [2.45, 2.75) is 18.9 Å². The lowest BCUT2D eigenvalue weighted by atomic mass is 10.2. The van der Waals surface area contributed by atoms with Crippen LogP contribution in [0.3, 0.4) is 0 Å². The molecule has 0 bridgehead atoms. The summed E-state index contributed by atoms with van der Waals surface area (Å²) in [6.45, 7) is 0.0268. The van der Waals surface area contributed by atoms with E-state index < -0.39 is 0 Å². The second kappa shape index (κ2) is 6.00. The third-order valence-corrected chi connectivity index (χ3v) is 2.41. The Hall–Kier alpha value is -0.590. The first-order valence-corrected chi connectivity index (χ1v) is 5.85. The van der Waals surface area contributed by atoms with E-state index in [2.05, 4.69) is 10.1 Å². The molecule has 6 heteroatoms. The van der Waals surface area contributed by atoms with Gasteiger partial charge in [0.05, 0.1) is 12.6 Å². The number of nitrogens with zero attached hydrogens (tertiary/aromatic N) is 2. The maximum atomic E-state index is 8.65. The molecule has 5 nitrogen and oxygen atoms in total. The Bertz CT molecular complexity index is 267. The Kier molecular flexibility index (Phi) is 4.92. The minimum absolute atomic E-state index is 0.0268. The van der Waals surface area contributed by atoms with Gasteiger partial charge in [0.25, 0.3) is 0 Å². The Morgan fingerprint density at radius 1 is 1.64 bits per heavy atom. The van der Waals surface area contributed by atoms with Crippen LogP contribution >= 0.6 is 11.8 Å². The lowest BCUT2D eigenvalue weighted by molar-refractivity contribution is 0.292. The van der Waals surface area contributed by atoms with Crippen LogP contribution in [-0.4, -0.2) is 33.9 Å². The summed E-state index contributed by atoms with van der Waals surface area (Å²) >= 11 is 1.73. The Morgan fingerprint density at radius 3 is 3.07 bits per heavy atom. The first kappa shape index (κ1) is 11.5. The summed E-state index contributed by atoms with van der Waals surface area (Å²) in [6.07, 6.45) is 3.26. The molecule has 1 atom stereocenters. The van der Waals surface area contributed by atoms with Crippen molar-refractivity contribution < 1.29 is 9.63 Å². The number of nitrogens with two attached hydrogens (primary N) is 1. The first-order valence-electron chi connectivity index (χ1n) is 4.45. The van der Waals surface area contributed by atoms with Gasteiger partial charge in [-0.3, -0.25) is 0 Å². The summed E-state index contributed by atoms with van der Waals surface area (Å²) in [5.41, 5.74) is 5.82. The van der Waals surface area contributed by atoms with Crippen LogP contribution in [-0.2, 0) is 6.42 Å². The van der Waals surface area contributed by atoms with Crippen molar-refractivity contribution in [2.24, 2.45) is 5.73 Å². The SMILES string of the molecule is CSCC[C@@H](N)c1nc(CCO)no1. The first-order chi connectivity index (χ1) is 6.77. The van der Waals surface area contributed by atoms with Gasteiger partial charge in [-0.05, 0) is 18.4 Å². The predicted octanol–water partition coefficient (Wildman–Crippen LogP) is 0.357. The Morgan fingerprint density at radius 2 is 2.43 bits per heavy atom. The maximum absolute atomic E-state index is 8.65. The van der Waals surface area contributed by atoms with E-state index in [-0.39, 0.29) is 12.6 Å². The average Bonchev–Trinajstić information content (AvgIpc) is 2.63. The fraction of sp³-hybridized carbons (Fsp3) is 0.750. The van der Waals surface area contributed by atoms with Crippen LogP contribution in [0.25, 0.3) is 0 Å². The number of thioether (sulfide) groups is 1. The molecule has 0 aliphatic carbocycles. The van der Waals surface area contributed by atoms with E-state index in [4.69, 9.17) is 15.4 Å². The van der Waals surface area contributed by atoms with E-state index in [0.717, 1.165) is 12.2 Å². The second-order valence-corrected chi connectivity index (χ2v) is 3.90. The lowest BCUT2D eigenvalue weighted by Gasteiger charge is -2.03. The normalized spacial score (nSPS) is 13.1. The standard InChI is InChI=1S/C8H15N3O2S/c1-14-5-3-6(9)8-10-7(2-4-12)11-13-8/h6,12H,2-5,9H2,1H3/t6-/m1/s1. The van der Waals surface area contributed by atoms with Gasteiger partial charge < -0.3 is 15.4 Å². The number of rotatable bonds is 6. The molecule has 0 spiro atoms. The molecule has 80 valence electrons. The highest BCUT2D eigenvalue weighted by Crippen LogP contribution is 2.13. The molecule has 0 aliphatic heterocycles. The molecule has 0 saturated heterocycles. The predicted molar refractivity (Wildman–Crippen MR) is 55.0 cm³/mol. The summed E-state index contributed by atoms with van der Waals surface area (Å²) in [6, 6.07) is -0.192. The van der Waals surface area contributed by atoms with Crippen molar-refractivity contribution in [3.8, 4) is 0 Å². The quantitative estimate of drug-likeness (QED) is 0.715. The van der Waals surface area contributed by atoms with Crippen molar-refractivity contribution >= 4 is 11.8 Å². The van der Waals surface area contributed by atoms with Gasteiger partial charge in [-0.1, -0.05) is 5.16 Å². The molecular formula is C8H15N3O2S. The van der Waals surface area contributed by atoms with Crippen LogP contribution in [0.2, 0.25) is 0 Å². The zero-order chi connectivity index (χ0) is 10.4. The molecule has 1 rings (SSSR count). The number of hydrogen-bond donors (Lipinski definition) is 2. The molecule has 0 saturated carbocycles. The number of aliphatic hydroxyl groups excluding tert-OH is 1. The molecule has 0 amide bonds. The van der Waals surface area contributed by atoms with E-state index >= 15 is 0 Å². The summed E-state index contributed by atoms with van der Waals surface area (Å²) in [5.74, 6) is 1.95.